The first-order valence-electron chi connectivity index (χ1n) is 6.40. The Bertz CT molecular complexity index is 506. The minimum atomic E-state index is -0.950. The van der Waals surface area contributed by atoms with Crippen LogP contribution in [0.4, 0.5) is 4.39 Å². The van der Waals surface area contributed by atoms with Crippen LogP contribution in [0.2, 0.25) is 0 Å². The molecule has 0 bridgehead atoms. The molecule has 0 saturated carbocycles. The summed E-state index contributed by atoms with van der Waals surface area (Å²) in [6, 6.07) is 5.90. The molecule has 1 aromatic carbocycles. The van der Waals surface area contributed by atoms with Crippen LogP contribution in [0.5, 0.6) is 0 Å². The molecular formula is C14H16FNO4. The van der Waals surface area contributed by atoms with Crippen LogP contribution in [0.25, 0.3) is 0 Å². The number of ether oxygens (including phenoxy) is 1. The number of hydrogen-bond acceptors (Lipinski definition) is 3. The zero-order chi connectivity index (χ0) is 14.5. The average molecular weight is 281 g/mol. The Morgan fingerprint density at radius 2 is 2.25 bits per heavy atom. The fraction of sp³-hybridized carbons (Fsp3) is 0.429. The summed E-state index contributed by atoms with van der Waals surface area (Å²) in [7, 11) is 0. The molecule has 1 saturated heterocycles. The van der Waals surface area contributed by atoms with Crippen molar-refractivity contribution < 1.29 is 23.8 Å². The summed E-state index contributed by atoms with van der Waals surface area (Å²) in [6.07, 6.45) is -0.487. The third-order valence-electron chi connectivity index (χ3n) is 3.14. The second-order valence-corrected chi connectivity index (χ2v) is 4.74. The standard InChI is InChI=1S/C14H16FNO4/c15-11-3-1-2-10(6-11)7-13(17)16-4-5-20-12(9-16)8-14(18)19/h1-3,6,12H,4-5,7-9H2,(H,18,19)/t12-/m1/s1. The average Bonchev–Trinajstić information content (AvgIpc) is 2.38. The van der Waals surface area contributed by atoms with Gasteiger partial charge in [0.25, 0.3) is 0 Å². The molecule has 1 heterocycles. The van der Waals surface area contributed by atoms with Gasteiger partial charge in [-0.05, 0) is 17.7 Å². The number of aliphatic carboxylic acids is 1. The number of hydrogen-bond donors (Lipinski definition) is 1. The van der Waals surface area contributed by atoms with E-state index >= 15 is 0 Å². The molecule has 2 rings (SSSR count). The van der Waals surface area contributed by atoms with Crippen molar-refractivity contribution in [3.63, 3.8) is 0 Å². The molecular weight excluding hydrogens is 265 g/mol. The molecule has 1 aliphatic heterocycles. The van der Waals surface area contributed by atoms with Crippen molar-refractivity contribution in [3.8, 4) is 0 Å². The van der Waals surface area contributed by atoms with Crippen LogP contribution in [-0.2, 0) is 20.7 Å². The quantitative estimate of drug-likeness (QED) is 0.896. The SMILES string of the molecule is O=C(O)C[C@@H]1CN(C(=O)Cc2cccc(F)c2)CCO1. The first-order chi connectivity index (χ1) is 9.54. The molecule has 6 heteroatoms. The molecule has 5 nitrogen and oxygen atoms in total. The van der Waals surface area contributed by atoms with Crippen molar-refractivity contribution in [1.82, 2.24) is 4.90 Å². The van der Waals surface area contributed by atoms with Crippen molar-refractivity contribution in [3.05, 3.63) is 35.6 Å². The molecule has 1 aromatic rings. The molecule has 20 heavy (non-hydrogen) atoms. The highest BCUT2D eigenvalue weighted by molar-refractivity contribution is 5.79. The highest BCUT2D eigenvalue weighted by Crippen LogP contribution is 2.12. The number of nitrogens with zero attached hydrogens (tertiary/aromatic N) is 1. The highest BCUT2D eigenvalue weighted by atomic mass is 19.1. The zero-order valence-electron chi connectivity index (χ0n) is 10.9. The predicted molar refractivity (Wildman–Crippen MR) is 68.7 cm³/mol. The van der Waals surface area contributed by atoms with E-state index in [1.54, 1.807) is 17.0 Å². The molecule has 0 radical (unpaired) electrons. The minimum absolute atomic E-state index is 0.109. The second kappa shape index (κ2) is 6.47. The lowest BCUT2D eigenvalue weighted by Crippen LogP contribution is -2.46. The molecule has 1 amide bonds. The molecule has 0 aromatic heterocycles. The summed E-state index contributed by atoms with van der Waals surface area (Å²) >= 11 is 0. The number of rotatable bonds is 4. The van der Waals surface area contributed by atoms with Crippen LogP contribution in [-0.4, -0.2) is 47.7 Å². The molecule has 0 spiro atoms. The Hall–Kier alpha value is -1.95. The number of carbonyl (C=O) groups excluding carboxylic acids is 1. The van der Waals surface area contributed by atoms with Gasteiger partial charge in [-0.15, -0.1) is 0 Å². The Labute approximate surface area is 116 Å². The topological polar surface area (TPSA) is 66.8 Å². The fourth-order valence-electron chi connectivity index (χ4n) is 2.20. The highest BCUT2D eigenvalue weighted by Gasteiger charge is 2.25. The van der Waals surface area contributed by atoms with Crippen molar-refractivity contribution in [2.24, 2.45) is 0 Å². The summed E-state index contributed by atoms with van der Waals surface area (Å²) in [5.74, 6) is -1.47. The van der Waals surface area contributed by atoms with E-state index in [1.165, 1.54) is 12.1 Å². The number of morpholine rings is 1. The second-order valence-electron chi connectivity index (χ2n) is 4.74. The van der Waals surface area contributed by atoms with Crippen molar-refractivity contribution in [2.75, 3.05) is 19.7 Å². The first kappa shape index (κ1) is 14.5. The van der Waals surface area contributed by atoms with Gasteiger partial charge in [-0.3, -0.25) is 9.59 Å². The molecule has 1 atom stereocenters. The molecule has 1 aliphatic rings. The Morgan fingerprint density at radius 1 is 1.45 bits per heavy atom. The lowest BCUT2D eigenvalue weighted by atomic mass is 10.1. The van der Waals surface area contributed by atoms with Gasteiger partial charge in [-0.25, -0.2) is 4.39 Å². The predicted octanol–water partition coefficient (Wildman–Crippen LogP) is 1.07. The van der Waals surface area contributed by atoms with E-state index in [9.17, 15) is 14.0 Å². The van der Waals surface area contributed by atoms with Crippen LogP contribution in [0.3, 0.4) is 0 Å². The Morgan fingerprint density at radius 3 is 2.95 bits per heavy atom. The summed E-state index contributed by atoms with van der Waals surface area (Å²) in [5.41, 5.74) is 0.608. The maximum Gasteiger partial charge on any atom is 0.306 e. The Balaban J connectivity index is 1.93. The minimum Gasteiger partial charge on any atom is -0.481 e. The zero-order valence-corrected chi connectivity index (χ0v) is 10.9. The lowest BCUT2D eigenvalue weighted by molar-refractivity contribution is -0.147. The van der Waals surface area contributed by atoms with Gasteiger partial charge in [0.15, 0.2) is 0 Å². The van der Waals surface area contributed by atoms with Crippen molar-refractivity contribution in [1.29, 1.82) is 0 Å². The summed E-state index contributed by atoms with van der Waals surface area (Å²) in [6.45, 7) is 1.03. The largest absolute Gasteiger partial charge is 0.481 e. The number of carbonyl (C=O) groups is 2. The van der Waals surface area contributed by atoms with E-state index in [4.69, 9.17) is 9.84 Å². The monoisotopic (exact) mass is 281 g/mol. The van der Waals surface area contributed by atoms with Gasteiger partial charge in [0.05, 0.1) is 25.6 Å². The number of carboxylic acids is 1. The number of amides is 1. The van der Waals surface area contributed by atoms with E-state index in [-0.39, 0.29) is 31.1 Å². The van der Waals surface area contributed by atoms with Crippen molar-refractivity contribution >= 4 is 11.9 Å². The van der Waals surface area contributed by atoms with E-state index in [2.05, 4.69) is 0 Å². The summed E-state index contributed by atoms with van der Waals surface area (Å²) in [5, 5.41) is 8.73. The molecule has 0 aliphatic carbocycles. The van der Waals surface area contributed by atoms with Gasteiger partial charge in [0.2, 0.25) is 5.91 Å². The number of halogens is 1. The Kier molecular flexibility index (Phi) is 4.68. The van der Waals surface area contributed by atoms with E-state index < -0.39 is 12.1 Å². The molecule has 1 N–H and O–H groups in total. The van der Waals surface area contributed by atoms with Crippen LogP contribution in [0.1, 0.15) is 12.0 Å². The third-order valence-corrected chi connectivity index (χ3v) is 3.14. The van der Waals surface area contributed by atoms with Gasteiger partial charge in [0.1, 0.15) is 5.82 Å². The normalized spacial score (nSPS) is 18.9. The molecule has 0 unspecified atom stereocenters. The van der Waals surface area contributed by atoms with Gasteiger partial charge < -0.3 is 14.7 Å². The maximum atomic E-state index is 13.1. The summed E-state index contributed by atoms with van der Waals surface area (Å²) < 4.78 is 18.4. The third kappa shape index (κ3) is 4.03. The van der Waals surface area contributed by atoms with Gasteiger partial charge >= 0.3 is 5.97 Å². The molecule has 108 valence electrons. The van der Waals surface area contributed by atoms with Gasteiger partial charge in [-0.2, -0.15) is 0 Å². The number of carboxylic acid groups (broad SMARTS) is 1. The summed E-state index contributed by atoms with van der Waals surface area (Å²) in [4.78, 5) is 24.3. The first-order valence-corrected chi connectivity index (χ1v) is 6.40. The lowest BCUT2D eigenvalue weighted by Gasteiger charge is -2.32. The van der Waals surface area contributed by atoms with Crippen LogP contribution in [0, 0.1) is 5.82 Å². The molecule has 1 fully saturated rings. The van der Waals surface area contributed by atoms with Gasteiger partial charge in [0, 0.05) is 13.1 Å². The maximum absolute atomic E-state index is 13.1. The van der Waals surface area contributed by atoms with E-state index in [0.717, 1.165) is 0 Å². The number of benzene rings is 1. The van der Waals surface area contributed by atoms with Crippen LogP contribution < -0.4 is 0 Å². The van der Waals surface area contributed by atoms with Crippen LogP contribution >= 0.6 is 0 Å². The van der Waals surface area contributed by atoms with E-state index in [0.29, 0.717) is 18.7 Å². The van der Waals surface area contributed by atoms with Crippen LogP contribution in [0.15, 0.2) is 24.3 Å². The van der Waals surface area contributed by atoms with Gasteiger partial charge in [-0.1, -0.05) is 12.1 Å². The van der Waals surface area contributed by atoms with E-state index in [1.807, 2.05) is 0 Å². The van der Waals surface area contributed by atoms with Crippen molar-refractivity contribution in [2.45, 2.75) is 18.9 Å². The smallest absolute Gasteiger partial charge is 0.306 e. The fourth-order valence-corrected chi connectivity index (χ4v) is 2.20.